The summed E-state index contributed by atoms with van der Waals surface area (Å²) in [6.07, 6.45) is 3.86. The summed E-state index contributed by atoms with van der Waals surface area (Å²) in [7, 11) is 1.92. The zero-order valence-corrected chi connectivity index (χ0v) is 13.2. The summed E-state index contributed by atoms with van der Waals surface area (Å²) < 4.78 is 16.2. The molecule has 0 spiro atoms. The molecule has 0 saturated carbocycles. The number of nitrogens with one attached hydrogen (secondary N) is 1. The van der Waals surface area contributed by atoms with Gasteiger partial charge in [-0.3, -0.25) is 0 Å². The average Bonchev–Trinajstić information content (AvgIpc) is 2.83. The highest BCUT2D eigenvalue weighted by Gasteiger charge is 2.11. The molecule has 0 unspecified atom stereocenters. The summed E-state index contributed by atoms with van der Waals surface area (Å²) in [5.41, 5.74) is 3.00. The van der Waals surface area contributed by atoms with Crippen LogP contribution in [0.2, 0.25) is 0 Å². The van der Waals surface area contributed by atoms with E-state index in [4.69, 9.17) is 0 Å². The molecule has 3 nitrogen and oxygen atoms in total. The molecule has 21 heavy (non-hydrogen) atoms. The van der Waals surface area contributed by atoms with E-state index >= 15 is 0 Å². The molecule has 2 aromatic heterocycles. The Bertz CT molecular complexity index is 782. The van der Waals surface area contributed by atoms with Crippen LogP contribution in [0, 0.1) is 5.82 Å². The lowest BCUT2D eigenvalue weighted by Gasteiger charge is -2.07. The van der Waals surface area contributed by atoms with Gasteiger partial charge in [-0.15, -0.1) is 0 Å². The molecule has 2 heterocycles. The van der Waals surface area contributed by atoms with Crippen molar-refractivity contribution in [1.82, 2.24) is 14.9 Å². The van der Waals surface area contributed by atoms with Crippen molar-refractivity contribution in [3.05, 3.63) is 64.1 Å². The Balaban J connectivity index is 2.06. The van der Waals surface area contributed by atoms with Crippen LogP contribution in [-0.2, 0) is 13.1 Å². The maximum absolute atomic E-state index is 13.6. The van der Waals surface area contributed by atoms with E-state index in [1.807, 2.05) is 19.2 Å². The first kappa shape index (κ1) is 14.2. The summed E-state index contributed by atoms with van der Waals surface area (Å²) in [5.74, 6) is -0.243. The van der Waals surface area contributed by atoms with Gasteiger partial charge in [-0.2, -0.15) is 0 Å². The lowest BCUT2D eigenvalue weighted by molar-refractivity contribution is 0.616. The molecule has 1 N–H and O–H groups in total. The molecule has 1 aromatic carbocycles. The van der Waals surface area contributed by atoms with Gasteiger partial charge in [0.05, 0.1) is 11.0 Å². The standard InChI is InChI=1S/C16H15BrFN3/c1-19-8-12-10-21(16-13(12)5-3-7-20-16)9-11-4-2-6-14(18)15(11)17/h2-7,10,19H,8-9H2,1H3. The van der Waals surface area contributed by atoms with Gasteiger partial charge in [-0.1, -0.05) is 12.1 Å². The minimum absolute atomic E-state index is 0.243. The van der Waals surface area contributed by atoms with E-state index in [0.29, 0.717) is 11.0 Å². The minimum Gasteiger partial charge on any atom is -0.328 e. The van der Waals surface area contributed by atoms with E-state index in [0.717, 1.165) is 23.1 Å². The largest absolute Gasteiger partial charge is 0.328 e. The first-order chi connectivity index (χ1) is 10.2. The molecule has 0 aliphatic rings. The molecule has 108 valence electrons. The molecule has 5 heteroatoms. The Morgan fingerprint density at radius 1 is 1.24 bits per heavy atom. The van der Waals surface area contributed by atoms with Crippen molar-refractivity contribution in [2.45, 2.75) is 13.1 Å². The van der Waals surface area contributed by atoms with E-state index in [9.17, 15) is 4.39 Å². The molecular formula is C16H15BrFN3. The number of pyridine rings is 1. The molecule has 0 aliphatic carbocycles. The fourth-order valence-electron chi connectivity index (χ4n) is 2.50. The summed E-state index contributed by atoms with van der Waals surface area (Å²) in [6.45, 7) is 1.36. The molecule has 0 atom stereocenters. The van der Waals surface area contributed by atoms with E-state index in [-0.39, 0.29) is 5.82 Å². The van der Waals surface area contributed by atoms with Crippen LogP contribution in [0.25, 0.3) is 11.0 Å². The van der Waals surface area contributed by atoms with Crippen LogP contribution < -0.4 is 5.32 Å². The van der Waals surface area contributed by atoms with Crippen molar-refractivity contribution in [3.63, 3.8) is 0 Å². The molecule has 0 saturated heterocycles. The topological polar surface area (TPSA) is 29.9 Å². The number of nitrogens with zero attached hydrogens (tertiary/aromatic N) is 2. The third kappa shape index (κ3) is 2.71. The van der Waals surface area contributed by atoms with E-state index in [1.54, 1.807) is 12.3 Å². The third-order valence-electron chi connectivity index (χ3n) is 3.46. The molecule has 0 amide bonds. The summed E-state index contributed by atoms with van der Waals surface area (Å²) in [6, 6.07) is 9.09. The van der Waals surface area contributed by atoms with E-state index < -0.39 is 0 Å². The van der Waals surface area contributed by atoms with Gasteiger partial charge in [-0.05, 0) is 52.3 Å². The number of benzene rings is 1. The quantitative estimate of drug-likeness (QED) is 0.779. The van der Waals surface area contributed by atoms with Gasteiger partial charge in [0.1, 0.15) is 11.5 Å². The zero-order valence-electron chi connectivity index (χ0n) is 11.6. The van der Waals surface area contributed by atoms with Gasteiger partial charge in [0.2, 0.25) is 0 Å². The van der Waals surface area contributed by atoms with Crippen molar-refractivity contribution < 1.29 is 4.39 Å². The van der Waals surface area contributed by atoms with Gasteiger partial charge >= 0.3 is 0 Å². The smallest absolute Gasteiger partial charge is 0.140 e. The maximum Gasteiger partial charge on any atom is 0.140 e. The van der Waals surface area contributed by atoms with Crippen molar-refractivity contribution in [2.75, 3.05) is 7.05 Å². The predicted octanol–water partition coefficient (Wildman–Crippen LogP) is 3.71. The van der Waals surface area contributed by atoms with Gasteiger partial charge in [0.25, 0.3) is 0 Å². The summed E-state index contributed by atoms with van der Waals surface area (Å²) in [5, 5.41) is 4.29. The molecule has 0 radical (unpaired) electrons. The second kappa shape index (κ2) is 5.95. The van der Waals surface area contributed by atoms with Crippen molar-refractivity contribution in [3.8, 4) is 0 Å². The van der Waals surface area contributed by atoms with Crippen molar-refractivity contribution in [2.24, 2.45) is 0 Å². The third-order valence-corrected chi connectivity index (χ3v) is 4.34. The lowest BCUT2D eigenvalue weighted by atomic mass is 10.2. The molecule has 0 fully saturated rings. The maximum atomic E-state index is 13.6. The molecular weight excluding hydrogens is 333 g/mol. The molecule has 3 aromatic rings. The first-order valence-corrected chi connectivity index (χ1v) is 7.50. The fraction of sp³-hybridized carbons (Fsp3) is 0.188. The fourth-order valence-corrected chi connectivity index (χ4v) is 2.89. The van der Waals surface area contributed by atoms with E-state index in [2.05, 4.69) is 43.1 Å². The Hall–Kier alpha value is -1.72. The van der Waals surface area contributed by atoms with E-state index in [1.165, 1.54) is 11.6 Å². The second-order valence-corrected chi connectivity index (χ2v) is 5.69. The predicted molar refractivity (Wildman–Crippen MR) is 85.7 cm³/mol. The number of halogens is 2. The SMILES string of the molecule is CNCc1cn(Cc2cccc(F)c2Br)c2ncccc12. The molecule has 0 bridgehead atoms. The Morgan fingerprint density at radius 3 is 2.90 bits per heavy atom. The summed E-state index contributed by atoms with van der Waals surface area (Å²) >= 11 is 3.32. The van der Waals surface area contributed by atoms with Gasteiger partial charge in [0.15, 0.2) is 0 Å². The van der Waals surface area contributed by atoms with Crippen LogP contribution in [0.1, 0.15) is 11.1 Å². The number of hydrogen-bond acceptors (Lipinski definition) is 2. The highest BCUT2D eigenvalue weighted by Crippen LogP contribution is 2.25. The van der Waals surface area contributed by atoms with Crippen molar-refractivity contribution in [1.29, 1.82) is 0 Å². The second-order valence-electron chi connectivity index (χ2n) is 4.90. The zero-order chi connectivity index (χ0) is 14.8. The van der Waals surface area contributed by atoms with Crippen LogP contribution in [-0.4, -0.2) is 16.6 Å². The normalized spacial score (nSPS) is 11.2. The summed E-state index contributed by atoms with van der Waals surface area (Å²) in [4.78, 5) is 4.46. The van der Waals surface area contributed by atoms with Crippen LogP contribution in [0.5, 0.6) is 0 Å². The van der Waals surface area contributed by atoms with Crippen molar-refractivity contribution >= 4 is 27.0 Å². The van der Waals surface area contributed by atoms with Crippen LogP contribution in [0.4, 0.5) is 4.39 Å². The van der Waals surface area contributed by atoms with Gasteiger partial charge < -0.3 is 9.88 Å². The lowest BCUT2D eigenvalue weighted by Crippen LogP contribution is -2.04. The molecule has 3 rings (SSSR count). The Labute approximate surface area is 130 Å². The monoisotopic (exact) mass is 347 g/mol. The average molecular weight is 348 g/mol. The van der Waals surface area contributed by atoms with Crippen LogP contribution >= 0.6 is 15.9 Å². The molecule has 0 aliphatic heterocycles. The Morgan fingerprint density at radius 2 is 2.10 bits per heavy atom. The van der Waals surface area contributed by atoms with Crippen LogP contribution in [0.15, 0.2) is 47.2 Å². The van der Waals surface area contributed by atoms with Gasteiger partial charge in [0, 0.05) is 24.3 Å². The Kier molecular flexibility index (Phi) is 4.03. The number of hydrogen-bond donors (Lipinski definition) is 1. The number of rotatable bonds is 4. The number of aromatic nitrogens is 2. The highest BCUT2D eigenvalue weighted by molar-refractivity contribution is 9.10. The number of fused-ring (bicyclic) bond motifs is 1. The highest BCUT2D eigenvalue weighted by atomic mass is 79.9. The first-order valence-electron chi connectivity index (χ1n) is 6.71. The van der Waals surface area contributed by atoms with Gasteiger partial charge in [-0.25, -0.2) is 9.37 Å². The van der Waals surface area contributed by atoms with Crippen LogP contribution in [0.3, 0.4) is 0 Å². The minimum atomic E-state index is -0.243.